The van der Waals surface area contributed by atoms with E-state index in [1.165, 1.54) is 0 Å². The number of benzene rings is 3. The zero-order chi connectivity index (χ0) is 32.0. The molecule has 1 aliphatic rings. The summed E-state index contributed by atoms with van der Waals surface area (Å²) < 4.78 is 11.0. The molecule has 1 saturated heterocycles. The van der Waals surface area contributed by atoms with E-state index in [2.05, 4.69) is 20.8 Å². The molecule has 0 spiro atoms. The lowest BCUT2D eigenvalue weighted by molar-refractivity contribution is -0.132. The van der Waals surface area contributed by atoms with Gasteiger partial charge in [0.1, 0.15) is 17.7 Å². The largest absolute Gasteiger partial charge is 0.444 e. The topological polar surface area (TPSA) is 127 Å². The summed E-state index contributed by atoms with van der Waals surface area (Å²) in [5, 5.41) is 12.2. The molecule has 0 bridgehead atoms. The van der Waals surface area contributed by atoms with Crippen LogP contribution in [0.2, 0.25) is 0 Å². The molecule has 5 rings (SSSR count). The number of hydrogen-bond acceptors (Lipinski definition) is 7. The van der Waals surface area contributed by atoms with Gasteiger partial charge in [0.25, 0.3) is 0 Å². The second kappa shape index (κ2) is 13.9. The highest BCUT2D eigenvalue weighted by molar-refractivity contribution is 5.90. The monoisotopic (exact) mass is 611 g/mol. The Kier molecular flexibility index (Phi) is 9.80. The minimum Gasteiger partial charge on any atom is -0.444 e. The van der Waals surface area contributed by atoms with E-state index in [1.54, 1.807) is 11.8 Å². The molecule has 10 nitrogen and oxygen atoms in total. The molecule has 2 N–H and O–H groups in total. The third-order valence-corrected chi connectivity index (χ3v) is 7.77. The summed E-state index contributed by atoms with van der Waals surface area (Å²) in [5.41, 5.74) is 1.25. The molecule has 236 valence electrons. The summed E-state index contributed by atoms with van der Waals surface area (Å²) in [6.07, 6.45) is 1.52. The van der Waals surface area contributed by atoms with Crippen LogP contribution in [0.25, 0.3) is 10.8 Å². The number of fused-ring (bicyclic) bond motifs is 1. The molecule has 0 radical (unpaired) electrons. The van der Waals surface area contributed by atoms with Crippen LogP contribution in [-0.4, -0.2) is 57.7 Å². The van der Waals surface area contributed by atoms with E-state index in [9.17, 15) is 14.4 Å². The molecule has 1 fully saturated rings. The SMILES string of the molecule is Cc1noc(C(Cc2ccccc2)NC(=O)C(Cc2ccc3ccccc3c2)NC(=O)C2CCCN(C(=O)OC(C)(C)C)C2)n1. The van der Waals surface area contributed by atoms with E-state index < -0.39 is 29.7 Å². The van der Waals surface area contributed by atoms with Crippen LogP contribution in [0.5, 0.6) is 0 Å². The van der Waals surface area contributed by atoms with Gasteiger partial charge >= 0.3 is 6.09 Å². The van der Waals surface area contributed by atoms with Crippen molar-refractivity contribution >= 4 is 28.7 Å². The molecule has 10 heteroatoms. The Morgan fingerprint density at radius 3 is 2.40 bits per heavy atom. The number of nitrogens with one attached hydrogen (secondary N) is 2. The Morgan fingerprint density at radius 1 is 0.956 bits per heavy atom. The van der Waals surface area contributed by atoms with E-state index in [0.717, 1.165) is 21.9 Å². The van der Waals surface area contributed by atoms with Gasteiger partial charge in [0, 0.05) is 25.9 Å². The third-order valence-electron chi connectivity index (χ3n) is 7.77. The minimum atomic E-state index is -0.891. The van der Waals surface area contributed by atoms with Crippen molar-refractivity contribution in [1.82, 2.24) is 25.7 Å². The van der Waals surface area contributed by atoms with Crippen molar-refractivity contribution < 1.29 is 23.6 Å². The van der Waals surface area contributed by atoms with Crippen LogP contribution in [0.3, 0.4) is 0 Å². The smallest absolute Gasteiger partial charge is 0.410 e. The number of carbonyl (C=O) groups is 3. The van der Waals surface area contributed by atoms with Crippen LogP contribution in [0.1, 0.15) is 62.5 Å². The lowest BCUT2D eigenvalue weighted by Crippen LogP contribution is -2.53. The molecule has 3 amide bonds. The van der Waals surface area contributed by atoms with Crippen LogP contribution in [0.15, 0.2) is 77.3 Å². The highest BCUT2D eigenvalue weighted by Gasteiger charge is 2.34. The van der Waals surface area contributed by atoms with Gasteiger partial charge in [0.05, 0.1) is 5.92 Å². The molecule has 3 unspecified atom stereocenters. The molecular weight excluding hydrogens is 570 g/mol. The van der Waals surface area contributed by atoms with Crippen molar-refractivity contribution in [3.8, 4) is 0 Å². The molecule has 3 atom stereocenters. The number of aromatic nitrogens is 2. The first-order valence-corrected chi connectivity index (χ1v) is 15.4. The summed E-state index contributed by atoms with van der Waals surface area (Å²) in [7, 11) is 0. The molecule has 0 saturated carbocycles. The average Bonchev–Trinajstić information content (AvgIpc) is 3.46. The third kappa shape index (κ3) is 8.68. The average molecular weight is 612 g/mol. The van der Waals surface area contributed by atoms with E-state index >= 15 is 0 Å². The zero-order valence-electron chi connectivity index (χ0n) is 26.3. The summed E-state index contributed by atoms with van der Waals surface area (Å²) in [4.78, 5) is 46.5. The summed E-state index contributed by atoms with van der Waals surface area (Å²) in [5.74, 6) is -0.367. The first kappa shape index (κ1) is 31.7. The van der Waals surface area contributed by atoms with Crippen LogP contribution in [0, 0.1) is 12.8 Å². The number of aryl methyl sites for hydroxylation is 1. The summed E-state index contributed by atoms with van der Waals surface area (Å²) in [6, 6.07) is 22.3. The Labute approximate surface area is 263 Å². The predicted molar refractivity (Wildman–Crippen MR) is 170 cm³/mol. The van der Waals surface area contributed by atoms with E-state index in [4.69, 9.17) is 9.26 Å². The summed E-state index contributed by atoms with van der Waals surface area (Å²) >= 11 is 0. The summed E-state index contributed by atoms with van der Waals surface area (Å²) in [6.45, 7) is 7.91. The molecule has 3 aromatic carbocycles. The number of hydrogen-bond donors (Lipinski definition) is 2. The molecule has 45 heavy (non-hydrogen) atoms. The predicted octanol–water partition coefficient (Wildman–Crippen LogP) is 5.31. The van der Waals surface area contributed by atoms with Gasteiger partial charge in [-0.25, -0.2) is 4.79 Å². The highest BCUT2D eigenvalue weighted by Crippen LogP contribution is 2.22. The highest BCUT2D eigenvalue weighted by atomic mass is 16.6. The van der Waals surface area contributed by atoms with Gasteiger partial charge in [-0.3, -0.25) is 9.59 Å². The number of carbonyl (C=O) groups excluding carboxylic acids is 3. The van der Waals surface area contributed by atoms with E-state index in [-0.39, 0.29) is 24.8 Å². The molecule has 4 aromatic rings. The molecule has 1 aliphatic heterocycles. The van der Waals surface area contributed by atoms with E-state index in [0.29, 0.717) is 37.5 Å². The van der Waals surface area contributed by atoms with Gasteiger partial charge in [-0.2, -0.15) is 4.98 Å². The Balaban J connectivity index is 1.37. The maximum atomic E-state index is 14.0. The van der Waals surface area contributed by atoms with Crippen molar-refractivity contribution in [3.05, 3.63) is 95.6 Å². The number of piperidine rings is 1. The second-order valence-corrected chi connectivity index (χ2v) is 12.6. The number of rotatable bonds is 9. The molecule has 1 aromatic heterocycles. The van der Waals surface area contributed by atoms with Gasteiger partial charge < -0.3 is 24.8 Å². The Morgan fingerprint density at radius 2 is 1.69 bits per heavy atom. The first-order valence-electron chi connectivity index (χ1n) is 15.4. The van der Waals surface area contributed by atoms with Gasteiger partial charge in [-0.1, -0.05) is 78.0 Å². The number of nitrogens with zero attached hydrogens (tertiary/aromatic N) is 3. The van der Waals surface area contributed by atoms with Crippen molar-refractivity contribution in [2.75, 3.05) is 13.1 Å². The Bertz CT molecular complexity index is 1630. The van der Waals surface area contributed by atoms with Gasteiger partial charge in [0.2, 0.25) is 17.7 Å². The van der Waals surface area contributed by atoms with Gasteiger partial charge in [0.15, 0.2) is 5.82 Å². The lowest BCUT2D eigenvalue weighted by atomic mass is 9.95. The van der Waals surface area contributed by atoms with Gasteiger partial charge in [-0.15, -0.1) is 0 Å². The van der Waals surface area contributed by atoms with Crippen molar-refractivity contribution in [2.45, 2.75) is 71.1 Å². The maximum Gasteiger partial charge on any atom is 0.410 e. The van der Waals surface area contributed by atoms with Crippen LogP contribution in [0.4, 0.5) is 4.79 Å². The lowest BCUT2D eigenvalue weighted by Gasteiger charge is -2.34. The second-order valence-electron chi connectivity index (χ2n) is 12.6. The first-order chi connectivity index (χ1) is 21.5. The normalized spacial score (nSPS) is 16.5. The standard InChI is InChI=1S/C35H41N5O5/c1-23-36-33(45-39-23)30(20-24-11-6-5-7-12-24)38-32(42)29(21-25-16-17-26-13-8-9-14-27(26)19-25)37-31(41)28-15-10-18-40(22-28)34(43)44-35(2,3)4/h5-9,11-14,16-17,19,28-30H,10,15,18,20-22H2,1-4H3,(H,37,41)(H,38,42). The van der Waals surface area contributed by atoms with E-state index in [1.807, 2.05) is 93.6 Å². The molecule has 0 aliphatic carbocycles. The van der Waals surface area contributed by atoms with Crippen LogP contribution in [-0.2, 0) is 27.2 Å². The quantitative estimate of drug-likeness (QED) is 0.263. The number of amides is 3. The molecule has 2 heterocycles. The van der Waals surface area contributed by atoms with Crippen molar-refractivity contribution in [1.29, 1.82) is 0 Å². The van der Waals surface area contributed by atoms with Crippen LogP contribution < -0.4 is 10.6 Å². The van der Waals surface area contributed by atoms with Crippen molar-refractivity contribution in [3.63, 3.8) is 0 Å². The fraction of sp³-hybridized carbons (Fsp3) is 0.400. The fourth-order valence-electron chi connectivity index (χ4n) is 5.56. The Hall–Kier alpha value is -4.73. The number of ether oxygens (including phenoxy) is 1. The van der Waals surface area contributed by atoms with Gasteiger partial charge in [-0.05, 0) is 62.4 Å². The maximum absolute atomic E-state index is 14.0. The van der Waals surface area contributed by atoms with Crippen LogP contribution >= 0.6 is 0 Å². The van der Waals surface area contributed by atoms with Crippen molar-refractivity contribution in [2.24, 2.45) is 5.92 Å². The fourth-order valence-corrected chi connectivity index (χ4v) is 5.56. The minimum absolute atomic E-state index is 0.225. The number of likely N-dealkylation sites (tertiary alicyclic amines) is 1. The molecular formula is C35H41N5O5. The zero-order valence-corrected chi connectivity index (χ0v) is 26.3.